The van der Waals surface area contributed by atoms with Crippen LogP contribution in [0.15, 0.2) is 29.5 Å². The van der Waals surface area contributed by atoms with Gasteiger partial charge in [-0.2, -0.15) is 0 Å². The largest absolute Gasteiger partial charge is 0.493 e. The lowest BCUT2D eigenvalue weighted by Crippen LogP contribution is -2.50. The topological polar surface area (TPSA) is 89.1 Å². The van der Waals surface area contributed by atoms with Gasteiger partial charge in [-0.25, -0.2) is 9.59 Å². The van der Waals surface area contributed by atoms with E-state index in [1.165, 1.54) is 13.5 Å². The maximum atomic E-state index is 13.1. The molecule has 2 aliphatic rings. The summed E-state index contributed by atoms with van der Waals surface area (Å²) >= 11 is 0. The number of piperidine rings is 1. The minimum absolute atomic E-state index is 0.239. The zero-order chi connectivity index (χ0) is 22.5. The van der Waals surface area contributed by atoms with E-state index in [0.29, 0.717) is 46.7 Å². The van der Waals surface area contributed by atoms with E-state index in [0.717, 1.165) is 13.1 Å². The minimum atomic E-state index is -0.715. The highest BCUT2D eigenvalue weighted by molar-refractivity contribution is 5.95. The maximum absolute atomic E-state index is 13.1. The standard InChI is InChI=1S/C23H33N3O5/c1-6-31-22(27)19-17(13-26-11-14(2)10-15(3)12-26)24-23(28)25-20(19)16-8-7-9-18(29-4)21(16)30-5/h7-9,14-15,20H,6,10-13H2,1-5H3,(H2,24,25,28)/t14-,15+,20-/m0/s1. The van der Waals surface area contributed by atoms with Gasteiger partial charge >= 0.3 is 12.0 Å². The van der Waals surface area contributed by atoms with Gasteiger partial charge in [0.2, 0.25) is 0 Å². The average Bonchev–Trinajstić information content (AvgIpc) is 2.71. The lowest BCUT2D eigenvalue weighted by molar-refractivity contribution is -0.139. The van der Waals surface area contributed by atoms with Crippen molar-refractivity contribution < 1.29 is 23.8 Å². The molecule has 2 heterocycles. The Morgan fingerprint density at radius 3 is 2.48 bits per heavy atom. The van der Waals surface area contributed by atoms with Gasteiger partial charge in [0.05, 0.1) is 32.4 Å². The molecule has 2 amide bonds. The highest BCUT2D eigenvalue weighted by Gasteiger charge is 2.37. The first-order chi connectivity index (χ1) is 14.9. The van der Waals surface area contributed by atoms with E-state index in [2.05, 4.69) is 29.4 Å². The Morgan fingerprint density at radius 2 is 1.87 bits per heavy atom. The summed E-state index contributed by atoms with van der Waals surface area (Å²) in [4.78, 5) is 28.0. The lowest BCUT2D eigenvalue weighted by atomic mass is 9.90. The molecule has 3 rings (SSSR count). The normalized spacial score (nSPS) is 24.3. The maximum Gasteiger partial charge on any atom is 0.338 e. The van der Waals surface area contributed by atoms with E-state index in [-0.39, 0.29) is 12.6 Å². The van der Waals surface area contributed by atoms with Crippen molar-refractivity contribution in [1.82, 2.24) is 15.5 Å². The van der Waals surface area contributed by atoms with Crippen LogP contribution < -0.4 is 20.1 Å². The number of methoxy groups -OCH3 is 2. The van der Waals surface area contributed by atoms with Crippen molar-refractivity contribution in [2.24, 2.45) is 11.8 Å². The van der Waals surface area contributed by atoms with Crippen LogP contribution in [0.25, 0.3) is 0 Å². The molecule has 1 aromatic carbocycles. The fourth-order valence-corrected chi connectivity index (χ4v) is 4.71. The van der Waals surface area contributed by atoms with Crippen LogP contribution in [0.2, 0.25) is 0 Å². The number of nitrogens with zero attached hydrogens (tertiary/aromatic N) is 1. The van der Waals surface area contributed by atoms with E-state index < -0.39 is 12.0 Å². The SMILES string of the molecule is CCOC(=O)C1=C(CN2C[C@H](C)C[C@H](C)C2)NC(=O)N[C@H]1c1cccc(OC)c1OC. The monoisotopic (exact) mass is 431 g/mol. The Bertz CT molecular complexity index is 844. The number of carbonyl (C=O) groups excluding carboxylic acids is 2. The third-order valence-corrected chi connectivity index (χ3v) is 5.72. The van der Waals surface area contributed by atoms with Crippen molar-refractivity contribution in [3.8, 4) is 11.5 Å². The Labute approximate surface area is 183 Å². The molecule has 1 fully saturated rings. The third-order valence-electron chi connectivity index (χ3n) is 5.72. The van der Waals surface area contributed by atoms with Crippen molar-refractivity contribution in [3.63, 3.8) is 0 Å². The number of para-hydroxylation sites is 1. The molecule has 1 saturated heterocycles. The minimum Gasteiger partial charge on any atom is -0.493 e. The number of rotatable bonds is 7. The summed E-state index contributed by atoms with van der Waals surface area (Å²) in [7, 11) is 3.09. The molecule has 0 unspecified atom stereocenters. The van der Waals surface area contributed by atoms with Crippen LogP contribution in [0, 0.1) is 11.8 Å². The van der Waals surface area contributed by atoms with Gasteiger partial charge < -0.3 is 24.8 Å². The second kappa shape index (κ2) is 10.0. The van der Waals surface area contributed by atoms with Gasteiger partial charge in [-0.05, 0) is 31.2 Å². The van der Waals surface area contributed by atoms with Gasteiger partial charge in [-0.1, -0.05) is 26.0 Å². The molecule has 0 spiro atoms. The number of amides is 2. The van der Waals surface area contributed by atoms with Crippen molar-refractivity contribution >= 4 is 12.0 Å². The number of urea groups is 1. The number of hydrogen-bond donors (Lipinski definition) is 2. The van der Waals surface area contributed by atoms with E-state index in [1.54, 1.807) is 26.2 Å². The van der Waals surface area contributed by atoms with Gasteiger partial charge in [0.1, 0.15) is 0 Å². The fourth-order valence-electron chi connectivity index (χ4n) is 4.71. The number of hydrogen-bond acceptors (Lipinski definition) is 6. The predicted molar refractivity (Wildman–Crippen MR) is 117 cm³/mol. The number of ether oxygens (including phenoxy) is 3. The van der Waals surface area contributed by atoms with E-state index in [4.69, 9.17) is 14.2 Å². The Morgan fingerprint density at radius 1 is 1.16 bits per heavy atom. The number of carbonyl (C=O) groups is 2. The van der Waals surface area contributed by atoms with E-state index in [1.807, 2.05) is 6.07 Å². The van der Waals surface area contributed by atoms with Gasteiger partial charge in [-0.15, -0.1) is 0 Å². The first-order valence-corrected chi connectivity index (χ1v) is 10.8. The second-order valence-electron chi connectivity index (χ2n) is 8.37. The third kappa shape index (κ3) is 5.12. The summed E-state index contributed by atoms with van der Waals surface area (Å²) in [5, 5.41) is 5.73. The van der Waals surface area contributed by atoms with Gasteiger partial charge in [0.25, 0.3) is 0 Å². The van der Waals surface area contributed by atoms with Crippen LogP contribution in [0.1, 0.15) is 38.8 Å². The first kappa shape index (κ1) is 22.9. The molecule has 3 atom stereocenters. The van der Waals surface area contributed by atoms with Crippen LogP contribution in [-0.2, 0) is 9.53 Å². The highest BCUT2D eigenvalue weighted by Crippen LogP contribution is 2.39. The zero-order valence-electron chi connectivity index (χ0n) is 19.0. The summed E-state index contributed by atoms with van der Waals surface area (Å²) in [6, 6.07) is 4.32. The predicted octanol–water partition coefficient (Wildman–Crippen LogP) is 2.85. The van der Waals surface area contributed by atoms with Gasteiger partial charge in [-0.3, -0.25) is 4.90 Å². The molecule has 0 aromatic heterocycles. The molecule has 2 N–H and O–H groups in total. The molecule has 0 saturated carbocycles. The van der Waals surface area contributed by atoms with Crippen LogP contribution >= 0.6 is 0 Å². The number of benzene rings is 1. The van der Waals surface area contributed by atoms with Crippen molar-refractivity contribution in [3.05, 3.63) is 35.0 Å². The summed E-state index contributed by atoms with van der Waals surface area (Å²) < 4.78 is 16.4. The van der Waals surface area contributed by atoms with Crippen LogP contribution in [-0.4, -0.2) is 57.4 Å². The second-order valence-corrected chi connectivity index (χ2v) is 8.37. The number of likely N-dealkylation sites (tertiary alicyclic amines) is 1. The molecule has 2 aliphatic heterocycles. The number of esters is 1. The molecular weight excluding hydrogens is 398 g/mol. The summed E-state index contributed by atoms with van der Waals surface area (Å²) in [5.74, 6) is 1.65. The van der Waals surface area contributed by atoms with Crippen molar-refractivity contribution in [2.45, 2.75) is 33.2 Å². The number of nitrogens with one attached hydrogen (secondary N) is 2. The molecule has 1 aromatic rings. The van der Waals surface area contributed by atoms with Crippen LogP contribution in [0.3, 0.4) is 0 Å². The zero-order valence-corrected chi connectivity index (χ0v) is 19.0. The van der Waals surface area contributed by atoms with Crippen LogP contribution in [0.5, 0.6) is 11.5 Å². The van der Waals surface area contributed by atoms with Crippen molar-refractivity contribution in [2.75, 3.05) is 40.5 Å². The molecular formula is C23H33N3O5. The van der Waals surface area contributed by atoms with Crippen LogP contribution in [0.4, 0.5) is 4.79 Å². The molecule has 170 valence electrons. The molecule has 0 aliphatic carbocycles. The molecule has 31 heavy (non-hydrogen) atoms. The highest BCUT2D eigenvalue weighted by atomic mass is 16.5. The molecule has 0 radical (unpaired) electrons. The average molecular weight is 432 g/mol. The molecule has 0 bridgehead atoms. The summed E-state index contributed by atoms with van der Waals surface area (Å²) in [6.45, 7) is 8.77. The summed E-state index contributed by atoms with van der Waals surface area (Å²) in [6.07, 6.45) is 1.18. The van der Waals surface area contributed by atoms with E-state index in [9.17, 15) is 9.59 Å². The van der Waals surface area contributed by atoms with Gasteiger partial charge in [0, 0.05) is 30.9 Å². The molecule has 8 nitrogen and oxygen atoms in total. The van der Waals surface area contributed by atoms with E-state index >= 15 is 0 Å². The fraction of sp³-hybridized carbons (Fsp3) is 0.565. The Hall–Kier alpha value is -2.74. The van der Waals surface area contributed by atoms with Gasteiger partial charge in [0.15, 0.2) is 11.5 Å². The summed E-state index contributed by atoms with van der Waals surface area (Å²) in [5.41, 5.74) is 1.59. The Balaban J connectivity index is 2.06. The quantitative estimate of drug-likeness (QED) is 0.646. The smallest absolute Gasteiger partial charge is 0.338 e. The first-order valence-electron chi connectivity index (χ1n) is 10.8. The molecule has 8 heteroatoms. The lowest BCUT2D eigenvalue weighted by Gasteiger charge is -2.37. The van der Waals surface area contributed by atoms with Crippen molar-refractivity contribution in [1.29, 1.82) is 0 Å². The Kier molecular flexibility index (Phi) is 7.43.